The summed E-state index contributed by atoms with van der Waals surface area (Å²) in [7, 11) is 1.91. The van der Waals surface area contributed by atoms with Gasteiger partial charge in [0.25, 0.3) is 0 Å². The lowest BCUT2D eigenvalue weighted by Crippen LogP contribution is -2.33. The number of hydrogen-bond donors (Lipinski definition) is 2. The number of hydrogen-bond acceptors (Lipinski definition) is 4. The summed E-state index contributed by atoms with van der Waals surface area (Å²) in [4.78, 5) is 8.98. The van der Waals surface area contributed by atoms with Crippen molar-refractivity contribution in [3.63, 3.8) is 0 Å². The monoisotopic (exact) mass is 262 g/mol. The van der Waals surface area contributed by atoms with Gasteiger partial charge in [0.2, 0.25) is 0 Å². The van der Waals surface area contributed by atoms with Crippen LogP contribution < -0.4 is 10.6 Å². The highest BCUT2D eigenvalue weighted by Gasteiger charge is 2.26. The molecule has 3 atom stereocenters. The van der Waals surface area contributed by atoms with Crippen LogP contribution in [0.4, 0.5) is 11.6 Å². The molecule has 19 heavy (non-hydrogen) atoms. The summed E-state index contributed by atoms with van der Waals surface area (Å²) < 4.78 is 0. The van der Waals surface area contributed by atoms with Crippen LogP contribution in [0, 0.1) is 25.7 Å². The molecule has 0 radical (unpaired) electrons. The van der Waals surface area contributed by atoms with Crippen LogP contribution >= 0.6 is 0 Å². The maximum Gasteiger partial charge on any atom is 0.134 e. The Kier molecular flexibility index (Phi) is 4.27. The van der Waals surface area contributed by atoms with Crippen molar-refractivity contribution in [2.45, 2.75) is 53.0 Å². The van der Waals surface area contributed by atoms with E-state index in [4.69, 9.17) is 0 Å². The first-order chi connectivity index (χ1) is 9.01. The molecule has 0 amide bonds. The van der Waals surface area contributed by atoms with Crippen molar-refractivity contribution in [2.75, 3.05) is 17.7 Å². The molecule has 0 saturated heterocycles. The average Bonchev–Trinajstić information content (AvgIpc) is 2.36. The minimum Gasteiger partial charge on any atom is -0.373 e. The molecule has 1 aromatic heterocycles. The third-order valence-electron chi connectivity index (χ3n) is 4.25. The van der Waals surface area contributed by atoms with Crippen LogP contribution in [-0.2, 0) is 0 Å². The molecule has 1 aliphatic rings. The average molecular weight is 262 g/mol. The number of rotatable bonds is 3. The summed E-state index contributed by atoms with van der Waals surface area (Å²) >= 11 is 0. The van der Waals surface area contributed by atoms with E-state index < -0.39 is 0 Å². The first kappa shape index (κ1) is 14.1. The second-order valence-electron chi connectivity index (χ2n) is 5.99. The molecule has 0 aliphatic heterocycles. The fourth-order valence-electron chi connectivity index (χ4n) is 3.07. The first-order valence-corrected chi connectivity index (χ1v) is 7.30. The second kappa shape index (κ2) is 5.76. The van der Waals surface area contributed by atoms with Gasteiger partial charge < -0.3 is 10.6 Å². The van der Waals surface area contributed by atoms with E-state index in [1.165, 1.54) is 19.3 Å². The Labute approximate surface area is 116 Å². The van der Waals surface area contributed by atoms with Gasteiger partial charge in [-0.05, 0) is 44.9 Å². The highest BCUT2D eigenvalue weighted by molar-refractivity contribution is 5.57. The van der Waals surface area contributed by atoms with Gasteiger partial charge >= 0.3 is 0 Å². The lowest BCUT2D eigenvalue weighted by molar-refractivity contribution is 0.276. The zero-order chi connectivity index (χ0) is 14.0. The molecule has 1 aromatic rings. The number of aromatic nitrogens is 2. The lowest BCUT2D eigenvalue weighted by Gasteiger charge is -2.34. The van der Waals surface area contributed by atoms with Gasteiger partial charge in [0, 0.05) is 18.7 Å². The molecule has 1 saturated carbocycles. The van der Waals surface area contributed by atoms with Crippen LogP contribution in [0.2, 0.25) is 0 Å². The number of nitrogens with one attached hydrogen (secondary N) is 2. The van der Waals surface area contributed by atoms with Crippen LogP contribution in [0.5, 0.6) is 0 Å². The summed E-state index contributed by atoms with van der Waals surface area (Å²) in [5, 5.41) is 6.78. The first-order valence-electron chi connectivity index (χ1n) is 7.30. The Morgan fingerprint density at radius 2 is 1.74 bits per heavy atom. The zero-order valence-corrected chi connectivity index (χ0v) is 12.7. The largest absolute Gasteiger partial charge is 0.373 e. The van der Waals surface area contributed by atoms with Gasteiger partial charge in [0.15, 0.2) is 0 Å². The van der Waals surface area contributed by atoms with Gasteiger partial charge in [-0.25, -0.2) is 9.97 Å². The molecule has 2 rings (SSSR count). The van der Waals surface area contributed by atoms with Gasteiger partial charge in [0.1, 0.15) is 17.5 Å². The molecule has 1 aliphatic carbocycles. The van der Waals surface area contributed by atoms with Crippen molar-refractivity contribution in [1.29, 1.82) is 0 Å². The van der Waals surface area contributed by atoms with E-state index in [-0.39, 0.29) is 0 Å². The van der Waals surface area contributed by atoms with Crippen molar-refractivity contribution < 1.29 is 0 Å². The third-order valence-corrected chi connectivity index (χ3v) is 4.25. The van der Waals surface area contributed by atoms with Crippen LogP contribution in [-0.4, -0.2) is 23.1 Å². The standard InChI is InChI=1S/C15H26N4/c1-9-6-7-13(10(2)8-9)19-15-11(3)14(16-5)17-12(4)18-15/h9-10,13H,6-8H2,1-5H3,(H2,16,17,18,19). The van der Waals surface area contributed by atoms with E-state index >= 15 is 0 Å². The van der Waals surface area contributed by atoms with E-state index in [1.807, 2.05) is 14.0 Å². The van der Waals surface area contributed by atoms with Crippen LogP contribution in [0.25, 0.3) is 0 Å². The molecule has 4 nitrogen and oxygen atoms in total. The molecule has 1 fully saturated rings. The third kappa shape index (κ3) is 3.17. The van der Waals surface area contributed by atoms with E-state index in [2.05, 4.69) is 41.4 Å². The Hall–Kier alpha value is -1.32. The van der Waals surface area contributed by atoms with E-state index in [1.54, 1.807) is 0 Å². The van der Waals surface area contributed by atoms with Gasteiger partial charge in [-0.3, -0.25) is 0 Å². The van der Waals surface area contributed by atoms with Crippen LogP contribution in [0.1, 0.15) is 44.5 Å². The molecule has 0 aromatic carbocycles. The number of anilines is 2. The smallest absolute Gasteiger partial charge is 0.134 e. The fourth-order valence-corrected chi connectivity index (χ4v) is 3.07. The molecule has 0 bridgehead atoms. The number of nitrogens with zero attached hydrogens (tertiary/aromatic N) is 2. The van der Waals surface area contributed by atoms with Crippen molar-refractivity contribution >= 4 is 11.6 Å². The Morgan fingerprint density at radius 1 is 1.05 bits per heavy atom. The molecule has 2 N–H and O–H groups in total. The van der Waals surface area contributed by atoms with Crippen molar-refractivity contribution in [3.05, 3.63) is 11.4 Å². The van der Waals surface area contributed by atoms with Crippen LogP contribution in [0.3, 0.4) is 0 Å². The highest BCUT2D eigenvalue weighted by Crippen LogP contribution is 2.31. The number of aryl methyl sites for hydroxylation is 1. The molecule has 106 valence electrons. The minimum atomic E-state index is 0.536. The summed E-state index contributed by atoms with van der Waals surface area (Å²) in [6.45, 7) is 8.71. The van der Waals surface area contributed by atoms with Crippen molar-refractivity contribution in [1.82, 2.24) is 9.97 Å². The summed E-state index contributed by atoms with van der Waals surface area (Å²) in [6, 6.07) is 0.536. The summed E-state index contributed by atoms with van der Waals surface area (Å²) in [6.07, 6.45) is 3.85. The van der Waals surface area contributed by atoms with Crippen LogP contribution in [0.15, 0.2) is 0 Å². The molecular weight excluding hydrogens is 236 g/mol. The Balaban J connectivity index is 2.17. The normalized spacial score (nSPS) is 27.1. The Morgan fingerprint density at radius 3 is 2.37 bits per heavy atom. The topological polar surface area (TPSA) is 49.8 Å². The van der Waals surface area contributed by atoms with E-state index in [9.17, 15) is 0 Å². The van der Waals surface area contributed by atoms with Gasteiger partial charge in [-0.2, -0.15) is 0 Å². The van der Waals surface area contributed by atoms with Crippen molar-refractivity contribution in [2.24, 2.45) is 11.8 Å². The van der Waals surface area contributed by atoms with Gasteiger partial charge in [-0.15, -0.1) is 0 Å². The van der Waals surface area contributed by atoms with Gasteiger partial charge in [-0.1, -0.05) is 13.8 Å². The molecular formula is C15H26N4. The Bertz CT molecular complexity index is 444. The predicted octanol–water partition coefficient (Wildman–Crippen LogP) is 3.37. The zero-order valence-electron chi connectivity index (χ0n) is 12.7. The lowest BCUT2D eigenvalue weighted by atomic mass is 9.80. The SMILES string of the molecule is CNc1nc(C)nc(NC2CCC(C)CC2C)c1C. The molecule has 1 heterocycles. The quantitative estimate of drug-likeness (QED) is 0.877. The summed E-state index contributed by atoms with van der Waals surface area (Å²) in [5.41, 5.74) is 1.11. The second-order valence-corrected chi connectivity index (χ2v) is 5.99. The fraction of sp³-hybridized carbons (Fsp3) is 0.733. The van der Waals surface area contributed by atoms with Gasteiger partial charge in [0.05, 0.1) is 0 Å². The molecule has 4 heteroatoms. The summed E-state index contributed by atoms with van der Waals surface area (Å²) in [5.74, 6) is 4.29. The molecule has 0 spiro atoms. The highest BCUT2D eigenvalue weighted by atomic mass is 15.1. The minimum absolute atomic E-state index is 0.536. The molecule has 3 unspecified atom stereocenters. The van der Waals surface area contributed by atoms with E-state index in [0.717, 1.165) is 28.9 Å². The van der Waals surface area contributed by atoms with E-state index in [0.29, 0.717) is 12.0 Å². The maximum atomic E-state index is 4.57. The maximum absolute atomic E-state index is 4.57. The predicted molar refractivity (Wildman–Crippen MR) is 80.6 cm³/mol. The van der Waals surface area contributed by atoms with Crippen molar-refractivity contribution in [3.8, 4) is 0 Å².